The van der Waals surface area contributed by atoms with Crippen LogP contribution in [0.3, 0.4) is 0 Å². The predicted molar refractivity (Wildman–Crippen MR) is 51.3 cm³/mol. The number of carboxylic acids is 1. The van der Waals surface area contributed by atoms with E-state index in [4.69, 9.17) is 11.5 Å². The molecule has 0 aliphatic rings. The minimum atomic E-state index is -1.23. The molecule has 0 fully saturated rings. The fourth-order valence-corrected chi connectivity index (χ4v) is 0.961. The van der Waals surface area contributed by atoms with Crippen molar-refractivity contribution in [1.29, 1.82) is 0 Å². The predicted octanol–water partition coefficient (Wildman–Crippen LogP) is -0.139. The molecule has 0 atom stereocenters. The molecule has 0 saturated heterocycles. The average Bonchev–Trinajstić information content (AvgIpc) is 2.66. The number of carbonyl (C=O) groups is 2. The number of carbonyl (C=O) groups excluding carboxylic acids is 1. The first-order valence-electron chi connectivity index (χ1n) is 4.15. The van der Waals surface area contributed by atoms with Crippen LogP contribution in [-0.4, -0.2) is 33.5 Å². The van der Waals surface area contributed by atoms with Gasteiger partial charge in [0.15, 0.2) is 11.4 Å². The summed E-state index contributed by atoms with van der Waals surface area (Å²) in [5, 5.41) is 11.1. The summed E-state index contributed by atoms with van der Waals surface area (Å²) in [5.41, 5.74) is -0.368. The topological polar surface area (TPSA) is 95.1 Å². The molecule has 0 bridgehead atoms. The number of aromatic amines is 1. The van der Waals surface area contributed by atoms with Crippen molar-refractivity contribution < 1.29 is 14.7 Å². The number of hydrogen-bond acceptors (Lipinski definition) is 3. The lowest BCUT2D eigenvalue weighted by Crippen LogP contribution is -2.26. The molecule has 0 aliphatic carbocycles. The molecule has 1 heterocycles. The van der Waals surface area contributed by atoms with Crippen molar-refractivity contribution in [2.75, 3.05) is 6.54 Å². The zero-order chi connectivity index (χ0) is 11.3. The minimum Gasteiger partial charge on any atom is -0.477 e. The molecule has 0 spiro atoms. The van der Waals surface area contributed by atoms with Crippen LogP contribution in [0.15, 0.2) is 6.33 Å². The Kier molecular flexibility index (Phi) is 3.46. The number of terminal acetylenes is 1. The first-order valence-corrected chi connectivity index (χ1v) is 4.15. The third kappa shape index (κ3) is 2.57. The molecular weight excluding hydrogens is 198 g/mol. The zero-order valence-electron chi connectivity index (χ0n) is 7.78. The molecule has 0 saturated carbocycles. The van der Waals surface area contributed by atoms with E-state index in [1.807, 2.05) is 0 Å². The SMILES string of the molecule is C#CCCNC(=O)c1nc[nH]c1C(=O)O. The Morgan fingerprint density at radius 3 is 3.00 bits per heavy atom. The van der Waals surface area contributed by atoms with Crippen molar-refractivity contribution in [3.8, 4) is 12.3 Å². The van der Waals surface area contributed by atoms with Gasteiger partial charge in [-0.2, -0.15) is 0 Å². The van der Waals surface area contributed by atoms with E-state index in [2.05, 4.69) is 21.2 Å². The van der Waals surface area contributed by atoms with Gasteiger partial charge in [0.1, 0.15) is 0 Å². The highest BCUT2D eigenvalue weighted by atomic mass is 16.4. The Labute approximate surface area is 85.7 Å². The number of aromatic carboxylic acids is 1. The van der Waals surface area contributed by atoms with E-state index in [1.54, 1.807) is 0 Å². The van der Waals surface area contributed by atoms with E-state index in [9.17, 15) is 9.59 Å². The van der Waals surface area contributed by atoms with Gasteiger partial charge in [-0.3, -0.25) is 4.79 Å². The molecule has 15 heavy (non-hydrogen) atoms. The van der Waals surface area contributed by atoms with Crippen LogP contribution in [-0.2, 0) is 0 Å². The first kappa shape index (κ1) is 10.8. The molecule has 3 N–H and O–H groups in total. The summed E-state index contributed by atoms with van der Waals surface area (Å²) in [6, 6.07) is 0. The number of imidazole rings is 1. The summed E-state index contributed by atoms with van der Waals surface area (Å²) in [6.07, 6.45) is 6.53. The van der Waals surface area contributed by atoms with Crippen LogP contribution in [0, 0.1) is 12.3 Å². The van der Waals surface area contributed by atoms with Gasteiger partial charge in [0.25, 0.3) is 5.91 Å². The van der Waals surface area contributed by atoms with Crippen molar-refractivity contribution >= 4 is 11.9 Å². The van der Waals surface area contributed by atoms with Crippen molar-refractivity contribution in [3.05, 3.63) is 17.7 Å². The molecule has 1 aromatic heterocycles. The molecule has 1 aromatic rings. The standard InChI is InChI=1S/C9H9N3O3/c1-2-3-4-10-8(13)6-7(9(14)15)12-5-11-6/h1,5H,3-4H2,(H,10,13)(H,11,12)(H,14,15). The van der Waals surface area contributed by atoms with Gasteiger partial charge >= 0.3 is 5.97 Å². The van der Waals surface area contributed by atoms with Crippen LogP contribution in [0.2, 0.25) is 0 Å². The van der Waals surface area contributed by atoms with Crippen molar-refractivity contribution in [1.82, 2.24) is 15.3 Å². The van der Waals surface area contributed by atoms with E-state index in [-0.39, 0.29) is 11.4 Å². The second-order valence-electron chi connectivity index (χ2n) is 2.64. The van der Waals surface area contributed by atoms with Gasteiger partial charge in [-0.1, -0.05) is 0 Å². The summed E-state index contributed by atoms with van der Waals surface area (Å²) in [7, 11) is 0. The average molecular weight is 207 g/mol. The number of rotatable bonds is 4. The van der Waals surface area contributed by atoms with Gasteiger partial charge in [-0.05, 0) is 0 Å². The molecule has 6 heteroatoms. The number of nitrogens with one attached hydrogen (secondary N) is 2. The summed E-state index contributed by atoms with van der Waals surface area (Å²) in [5.74, 6) is 0.567. The van der Waals surface area contributed by atoms with Gasteiger partial charge in [-0.15, -0.1) is 12.3 Å². The van der Waals surface area contributed by atoms with E-state index >= 15 is 0 Å². The molecule has 6 nitrogen and oxygen atoms in total. The van der Waals surface area contributed by atoms with Crippen LogP contribution in [0.5, 0.6) is 0 Å². The smallest absolute Gasteiger partial charge is 0.354 e. The number of H-pyrrole nitrogens is 1. The van der Waals surface area contributed by atoms with Gasteiger partial charge in [0, 0.05) is 13.0 Å². The van der Waals surface area contributed by atoms with E-state index < -0.39 is 11.9 Å². The summed E-state index contributed by atoms with van der Waals surface area (Å²) in [4.78, 5) is 28.0. The van der Waals surface area contributed by atoms with Crippen LogP contribution in [0.4, 0.5) is 0 Å². The molecule has 0 aromatic carbocycles. The Hall–Kier alpha value is -2.29. The van der Waals surface area contributed by atoms with Crippen LogP contribution in [0.25, 0.3) is 0 Å². The highest BCUT2D eigenvalue weighted by molar-refractivity contribution is 6.02. The molecule has 1 amide bonds. The maximum absolute atomic E-state index is 11.4. The van der Waals surface area contributed by atoms with Gasteiger partial charge < -0.3 is 15.4 Å². The Bertz CT molecular complexity index is 416. The highest BCUT2D eigenvalue weighted by Crippen LogP contribution is 2.02. The quantitative estimate of drug-likeness (QED) is 0.473. The third-order valence-electron chi connectivity index (χ3n) is 1.62. The summed E-state index contributed by atoms with van der Waals surface area (Å²) < 4.78 is 0. The molecule has 0 radical (unpaired) electrons. The monoisotopic (exact) mass is 207 g/mol. The Morgan fingerprint density at radius 2 is 2.40 bits per heavy atom. The van der Waals surface area contributed by atoms with Gasteiger partial charge in [0.2, 0.25) is 0 Å². The van der Waals surface area contributed by atoms with E-state index in [0.717, 1.165) is 6.33 Å². The lowest BCUT2D eigenvalue weighted by Gasteiger charge is -2.00. The normalized spacial score (nSPS) is 9.27. The Balaban J connectivity index is 2.70. The molecular formula is C9H9N3O3. The molecule has 78 valence electrons. The molecule has 0 unspecified atom stereocenters. The van der Waals surface area contributed by atoms with Gasteiger partial charge in [0.05, 0.1) is 6.33 Å². The number of amides is 1. The number of aromatic nitrogens is 2. The van der Waals surface area contributed by atoms with Crippen molar-refractivity contribution in [2.45, 2.75) is 6.42 Å². The van der Waals surface area contributed by atoms with Crippen molar-refractivity contribution in [3.63, 3.8) is 0 Å². The molecule has 1 rings (SSSR count). The second kappa shape index (κ2) is 4.81. The van der Waals surface area contributed by atoms with Crippen LogP contribution >= 0.6 is 0 Å². The van der Waals surface area contributed by atoms with Crippen LogP contribution in [0.1, 0.15) is 27.4 Å². The number of carboxylic acid groups (broad SMARTS) is 1. The third-order valence-corrected chi connectivity index (χ3v) is 1.62. The molecule has 0 aliphatic heterocycles. The number of hydrogen-bond donors (Lipinski definition) is 3. The van der Waals surface area contributed by atoms with Crippen molar-refractivity contribution in [2.24, 2.45) is 0 Å². The largest absolute Gasteiger partial charge is 0.477 e. The minimum absolute atomic E-state index is 0.139. The first-order chi connectivity index (χ1) is 7.16. The maximum Gasteiger partial charge on any atom is 0.354 e. The van der Waals surface area contributed by atoms with Crippen LogP contribution < -0.4 is 5.32 Å². The zero-order valence-corrected chi connectivity index (χ0v) is 7.78. The lowest BCUT2D eigenvalue weighted by molar-refractivity contribution is 0.0685. The Morgan fingerprint density at radius 1 is 1.67 bits per heavy atom. The highest BCUT2D eigenvalue weighted by Gasteiger charge is 2.18. The fourth-order valence-electron chi connectivity index (χ4n) is 0.961. The number of nitrogens with zero attached hydrogens (tertiary/aromatic N) is 1. The van der Waals surface area contributed by atoms with Gasteiger partial charge in [-0.25, -0.2) is 9.78 Å². The summed E-state index contributed by atoms with van der Waals surface area (Å²) in [6.45, 7) is 0.293. The van der Waals surface area contributed by atoms with E-state index in [1.165, 1.54) is 0 Å². The second-order valence-corrected chi connectivity index (χ2v) is 2.64. The summed E-state index contributed by atoms with van der Waals surface area (Å²) >= 11 is 0. The maximum atomic E-state index is 11.4. The fraction of sp³-hybridized carbons (Fsp3) is 0.222. The lowest BCUT2D eigenvalue weighted by atomic mass is 10.3. The van der Waals surface area contributed by atoms with E-state index in [0.29, 0.717) is 13.0 Å².